The number of hydrogen-bond donors (Lipinski definition) is 1. The average Bonchev–Trinajstić information content (AvgIpc) is 2.31. The largest absolute Gasteiger partial charge is 0.327 e. The number of aliphatic imine (C=N–C) groups is 1. The molecule has 0 bridgehead atoms. The highest BCUT2D eigenvalue weighted by Crippen LogP contribution is 2.44. The van der Waals surface area contributed by atoms with Crippen molar-refractivity contribution in [3.63, 3.8) is 0 Å². The third-order valence-corrected chi connectivity index (χ3v) is 7.51. The van der Waals surface area contributed by atoms with Gasteiger partial charge in [0.2, 0.25) is 0 Å². The first kappa shape index (κ1) is 17.9. The summed E-state index contributed by atoms with van der Waals surface area (Å²) in [6, 6.07) is 0. The molecular weight excluding hydrogens is 340 g/mol. The topological polar surface area (TPSA) is 72.5 Å². The summed E-state index contributed by atoms with van der Waals surface area (Å²) >= 11 is 3.32. The predicted molar refractivity (Wildman–Crippen MR) is 89.2 cm³/mol. The molecule has 2 N–H and O–H groups in total. The van der Waals surface area contributed by atoms with Gasteiger partial charge >= 0.3 is 0 Å². The van der Waals surface area contributed by atoms with Crippen LogP contribution >= 0.6 is 15.9 Å². The molecular formula is C14H25BrN2O2S. The number of halogens is 1. The molecule has 1 heterocycles. The average molecular weight is 365 g/mol. The van der Waals surface area contributed by atoms with Gasteiger partial charge in [0.1, 0.15) is 0 Å². The Hall–Kier alpha value is -0.200. The second kappa shape index (κ2) is 6.28. The Morgan fingerprint density at radius 2 is 1.80 bits per heavy atom. The molecule has 0 aliphatic carbocycles. The lowest BCUT2D eigenvalue weighted by Crippen LogP contribution is -2.53. The van der Waals surface area contributed by atoms with E-state index in [9.17, 15) is 8.42 Å². The molecule has 0 amide bonds. The smallest absolute Gasteiger partial charge is 0.160 e. The Balaban J connectivity index is 3.17. The summed E-state index contributed by atoms with van der Waals surface area (Å²) in [6.45, 7) is 7.71. The normalized spacial score (nSPS) is 26.0. The van der Waals surface area contributed by atoms with E-state index in [2.05, 4.69) is 20.9 Å². The molecule has 0 unspecified atom stereocenters. The van der Waals surface area contributed by atoms with Gasteiger partial charge in [-0.3, -0.25) is 4.99 Å². The summed E-state index contributed by atoms with van der Waals surface area (Å²) in [5, 5.41) is 0. The lowest BCUT2D eigenvalue weighted by Gasteiger charge is -2.44. The van der Waals surface area contributed by atoms with E-state index in [-0.39, 0.29) is 5.92 Å². The zero-order chi connectivity index (χ0) is 15.6. The second-order valence-electron chi connectivity index (χ2n) is 6.47. The molecule has 0 saturated carbocycles. The van der Waals surface area contributed by atoms with Gasteiger partial charge in [0.05, 0.1) is 14.9 Å². The number of sulfone groups is 1. The monoisotopic (exact) mass is 364 g/mol. The first-order chi connectivity index (χ1) is 9.09. The number of rotatable bonds is 4. The minimum Gasteiger partial charge on any atom is -0.327 e. The minimum absolute atomic E-state index is 0.142. The van der Waals surface area contributed by atoms with Crippen LogP contribution in [0, 0.1) is 5.92 Å². The van der Waals surface area contributed by atoms with Crippen LogP contribution in [-0.4, -0.2) is 35.6 Å². The van der Waals surface area contributed by atoms with E-state index in [1.807, 2.05) is 39.8 Å². The van der Waals surface area contributed by atoms with Crippen LogP contribution in [0.1, 0.15) is 40.5 Å². The molecule has 1 aliphatic rings. The molecule has 0 aromatic heterocycles. The molecule has 0 atom stereocenters. The van der Waals surface area contributed by atoms with Gasteiger partial charge in [0, 0.05) is 18.2 Å². The van der Waals surface area contributed by atoms with Gasteiger partial charge in [-0.1, -0.05) is 22.0 Å². The first-order valence-corrected chi connectivity index (χ1v) is 9.40. The summed E-state index contributed by atoms with van der Waals surface area (Å²) in [5.41, 5.74) is 6.95. The van der Waals surface area contributed by atoms with Crippen molar-refractivity contribution < 1.29 is 8.42 Å². The van der Waals surface area contributed by atoms with Crippen LogP contribution in [0.2, 0.25) is 0 Å². The summed E-state index contributed by atoms with van der Waals surface area (Å²) in [4.78, 5) is 4.46. The van der Waals surface area contributed by atoms with E-state index in [1.54, 1.807) is 0 Å². The maximum Gasteiger partial charge on any atom is 0.160 e. The van der Waals surface area contributed by atoms with Crippen molar-refractivity contribution in [1.29, 1.82) is 0 Å². The summed E-state index contributed by atoms with van der Waals surface area (Å²) < 4.78 is 23.8. The van der Waals surface area contributed by atoms with Crippen LogP contribution in [0.3, 0.4) is 0 Å². The van der Waals surface area contributed by atoms with Gasteiger partial charge in [0.15, 0.2) is 9.84 Å². The highest BCUT2D eigenvalue weighted by Gasteiger charge is 2.52. The van der Waals surface area contributed by atoms with Crippen molar-refractivity contribution in [3.8, 4) is 0 Å². The summed E-state index contributed by atoms with van der Waals surface area (Å²) in [7, 11) is -3.16. The SMILES string of the molecule is CC1(C)CC(C(/C=C\CN)=NCBr)CC(C)(C)S1(=O)=O. The van der Waals surface area contributed by atoms with E-state index < -0.39 is 19.3 Å². The van der Waals surface area contributed by atoms with Crippen LogP contribution in [-0.2, 0) is 9.84 Å². The third-order valence-electron chi connectivity index (χ3n) is 4.02. The Morgan fingerprint density at radius 1 is 1.30 bits per heavy atom. The van der Waals surface area contributed by atoms with Crippen molar-refractivity contribution in [2.75, 3.05) is 12.0 Å². The molecule has 1 rings (SSSR count). The summed E-state index contributed by atoms with van der Waals surface area (Å²) in [6.07, 6.45) is 4.99. The summed E-state index contributed by atoms with van der Waals surface area (Å²) in [5.74, 6) is 0.142. The molecule has 20 heavy (non-hydrogen) atoms. The fourth-order valence-electron chi connectivity index (χ4n) is 3.01. The predicted octanol–water partition coefficient (Wildman–Crippen LogP) is 2.68. The highest BCUT2D eigenvalue weighted by molar-refractivity contribution is 9.09. The van der Waals surface area contributed by atoms with Crippen molar-refractivity contribution in [2.45, 2.75) is 50.0 Å². The van der Waals surface area contributed by atoms with E-state index in [0.29, 0.717) is 24.8 Å². The zero-order valence-electron chi connectivity index (χ0n) is 12.7. The van der Waals surface area contributed by atoms with E-state index in [1.165, 1.54) is 0 Å². The van der Waals surface area contributed by atoms with Gasteiger partial charge in [0.25, 0.3) is 0 Å². The molecule has 6 heteroatoms. The van der Waals surface area contributed by atoms with Gasteiger partial charge in [-0.2, -0.15) is 0 Å². The van der Waals surface area contributed by atoms with E-state index in [4.69, 9.17) is 5.73 Å². The molecule has 4 nitrogen and oxygen atoms in total. The van der Waals surface area contributed by atoms with Crippen molar-refractivity contribution in [2.24, 2.45) is 16.6 Å². The fraction of sp³-hybridized carbons (Fsp3) is 0.786. The Labute approximate surface area is 131 Å². The van der Waals surface area contributed by atoms with Crippen LogP contribution < -0.4 is 5.73 Å². The number of alkyl halides is 1. The Morgan fingerprint density at radius 3 is 2.20 bits per heavy atom. The van der Waals surface area contributed by atoms with E-state index >= 15 is 0 Å². The van der Waals surface area contributed by atoms with Crippen molar-refractivity contribution in [1.82, 2.24) is 0 Å². The van der Waals surface area contributed by atoms with Gasteiger partial charge in [-0.15, -0.1) is 0 Å². The number of nitrogens with two attached hydrogens (primary N) is 1. The van der Waals surface area contributed by atoms with Crippen LogP contribution in [0.5, 0.6) is 0 Å². The molecule has 1 aliphatic heterocycles. The molecule has 0 radical (unpaired) electrons. The van der Waals surface area contributed by atoms with Crippen LogP contribution in [0.4, 0.5) is 0 Å². The maximum atomic E-state index is 12.6. The van der Waals surface area contributed by atoms with Crippen molar-refractivity contribution in [3.05, 3.63) is 12.2 Å². The Kier molecular flexibility index (Phi) is 5.60. The zero-order valence-corrected chi connectivity index (χ0v) is 15.1. The standard InChI is InChI=1S/C14H25BrN2O2S/c1-13(2)8-11(9-14(3,4)20(13,18)19)12(17-10-15)6-5-7-16/h5-6,11H,7-10,16H2,1-4H3/b6-5-,17-12?. The molecule has 1 saturated heterocycles. The fourth-order valence-corrected chi connectivity index (χ4v) is 5.64. The van der Waals surface area contributed by atoms with E-state index in [0.717, 1.165) is 5.71 Å². The Bertz CT molecular complexity index is 483. The third kappa shape index (κ3) is 3.34. The second-order valence-corrected chi connectivity index (χ2v) is 10.2. The number of allylic oxidation sites excluding steroid dienone is 1. The lowest BCUT2D eigenvalue weighted by molar-refractivity contribution is 0.374. The van der Waals surface area contributed by atoms with Crippen molar-refractivity contribution >= 4 is 31.5 Å². The quantitative estimate of drug-likeness (QED) is 0.473. The molecule has 1 fully saturated rings. The first-order valence-electron chi connectivity index (χ1n) is 6.80. The molecule has 116 valence electrons. The molecule has 0 aromatic rings. The van der Waals surface area contributed by atoms with Crippen LogP contribution in [0.25, 0.3) is 0 Å². The molecule has 0 spiro atoms. The van der Waals surface area contributed by atoms with Crippen LogP contribution in [0.15, 0.2) is 17.1 Å². The maximum absolute atomic E-state index is 12.6. The number of hydrogen-bond acceptors (Lipinski definition) is 4. The lowest BCUT2D eigenvalue weighted by atomic mass is 9.84. The van der Waals surface area contributed by atoms with Gasteiger partial charge in [-0.25, -0.2) is 8.42 Å². The number of nitrogens with zero attached hydrogens (tertiary/aromatic N) is 1. The van der Waals surface area contributed by atoms with Gasteiger partial charge < -0.3 is 5.73 Å². The van der Waals surface area contributed by atoms with Gasteiger partial charge in [-0.05, 0) is 46.6 Å². The highest BCUT2D eigenvalue weighted by atomic mass is 79.9. The minimum atomic E-state index is -3.16. The molecule has 0 aromatic carbocycles.